The summed E-state index contributed by atoms with van der Waals surface area (Å²) in [4.78, 5) is 14.4. The molecule has 3 fully saturated rings. The Balaban J connectivity index is 1.30. The van der Waals surface area contributed by atoms with Crippen LogP contribution in [-0.4, -0.2) is 39.8 Å². The molecule has 2 saturated heterocycles. The largest absolute Gasteiger partial charge is 0.335 e. The fraction of sp³-hybridized carbons (Fsp3) is 0.450. The van der Waals surface area contributed by atoms with Gasteiger partial charge in [0, 0.05) is 31.4 Å². The number of nitrogens with one attached hydrogen (secondary N) is 3. The van der Waals surface area contributed by atoms with Gasteiger partial charge < -0.3 is 10.2 Å². The quantitative estimate of drug-likeness (QED) is 0.754. The highest BCUT2D eigenvalue weighted by Gasteiger charge is 2.47. The molecule has 1 aliphatic carbocycles. The van der Waals surface area contributed by atoms with Gasteiger partial charge in [0.2, 0.25) is 0 Å². The molecule has 3 aliphatic rings. The lowest BCUT2D eigenvalue weighted by Gasteiger charge is -2.45. The minimum Gasteiger partial charge on any atom is -0.335 e. The average Bonchev–Trinajstić information content (AvgIpc) is 3.12. The summed E-state index contributed by atoms with van der Waals surface area (Å²) in [5, 5.41) is 11.1. The number of amides is 2. The van der Waals surface area contributed by atoms with Gasteiger partial charge in [-0.1, -0.05) is 12.1 Å². The van der Waals surface area contributed by atoms with E-state index in [-0.39, 0.29) is 23.9 Å². The molecule has 7 nitrogen and oxygen atoms in total. The minimum atomic E-state index is -0.261. The molecule has 146 valence electrons. The Hall–Kier alpha value is -2.58. The molecule has 0 radical (unpaired) electrons. The number of urea groups is 1. The number of halogens is 1. The van der Waals surface area contributed by atoms with Crippen LogP contribution in [0.25, 0.3) is 0 Å². The lowest BCUT2D eigenvalue weighted by molar-refractivity contribution is 0.0961. The van der Waals surface area contributed by atoms with Gasteiger partial charge in [-0.05, 0) is 54.0 Å². The van der Waals surface area contributed by atoms with E-state index < -0.39 is 0 Å². The molecule has 3 heterocycles. The molecule has 2 aliphatic heterocycles. The van der Waals surface area contributed by atoms with E-state index in [4.69, 9.17) is 0 Å². The molecular formula is C20H23FN6O. The molecule has 5 rings (SSSR count). The van der Waals surface area contributed by atoms with Gasteiger partial charge in [-0.15, -0.1) is 0 Å². The summed E-state index contributed by atoms with van der Waals surface area (Å²) in [6, 6.07) is 9.03. The lowest BCUT2D eigenvalue weighted by atomic mass is 9.71. The van der Waals surface area contributed by atoms with Crippen molar-refractivity contribution in [2.75, 3.05) is 6.54 Å². The first kappa shape index (κ1) is 17.5. The molecule has 1 saturated carbocycles. The van der Waals surface area contributed by atoms with Crippen LogP contribution in [0.4, 0.5) is 9.18 Å². The van der Waals surface area contributed by atoms with E-state index in [1.165, 1.54) is 12.1 Å². The number of fused-ring (bicyclic) bond motifs is 2. The highest BCUT2D eigenvalue weighted by molar-refractivity contribution is 5.75. The molecular weight excluding hydrogens is 359 g/mol. The number of rotatable bonds is 3. The summed E-state index contributed by atoms with van der Waals surface area (Å²) >= 11 is 0. The molecule has 2 amide bonds. The number of hydrogen-bond acceptors (Lipinski definition) is 5. The van der Waals surface area contributed by atoms with Crippen molar-refractivity contribution in [2.45, 2.75) is 37.5 Å². The second kappa shape index (κ2) is 7.10. The SMILES string of the molecule is O=C1NC2CC3NNC(c4ccnnc4)C3CC2CN1Cc1ccc(F)cc1. The van der Waals surface area contributed by atoms with Gasteiger partial charge in [-0.3, -0.25) is 5.43 Å². The Morgan fingerprint density at radius 3 is 2.71 bits per heavy atom. The highest BCUT2D eigenvalue weighted by Crippen LogP contribution is 2.41. The summed E-state index contributed by atoms with van der Waals surface area (Å²) in [5.74, 6) is 0.564. The van der Waals surface area contributed by atoms with Gasteiger partial charge in [0.1, 0.15) is 5.82 Å². The number of hydrogen-bond donors (Lipinski definition) is 3. The smallest absolute Gasteiger partial charge is 0.317 e. The third-order valence-electron chi connectivity index (χ3n) is 6.32. The standard InChI is InChI=1S/C20H23FN6O/c21-15-3-1-12(2-4-15)10-27-11-14-7-16-18(8-17(14)24-20(27)28)25-26-19(16)13-5-6-22-23-9-13/h1-6,9,14,16-19,25-26H,7-8,10-11H2,(H,24,28). The van der Waals surface area contributed by atoms with Crippen LogP contribution in [0.3, 0.4) is 0 Å². The van der Waals surface area contributed by atoms with E-state index in [9.17, 15) is 9.18 Å². The van der Waals surface area contributed by atoms with Gasteiger partial charge in [-0.25, -0.2) is 14.6 Å². The molecule has 2 aromatic rings. The molecule has 1 aromatic heterocycles. The maximum atomic E-state index is 13.2. The highest BCUT2D eigenvalue weighted by atomic mass is 19.1. The summed E-state index contributed by atoms with van der Waals surface area (Å²) in [7, 11) is 0. The zero-order valence-corrected chi connectivity index (χ0v) is 15.4. The molecule has 3 N–H and O–H groups in total. The second-order valence-corrected chi connectivity index (χ2v) is 8.01. The number of hydrazine groups is 1. The van der Waals surface area contributed by atoms with Gasteiger partial charge in [0.05, 0.1) is 12.2 Å². The second-order valence-electron chi connectivity index (χ2n) is 8.01. The van der Waals surface area contributed by atoms with Crippen LogP contribution in [0, 0.1) is 17.7 Å². The van der Waals surface area contributed by atoms with Crippen LogP contribution in [0.1, 0.15) is 30.0 Å². The first-order chi connectivity index (χ1) is 13.7. The van der Waals surface area contributed by atoms with Crippen molar-refractivity contribution in [3.05, 3.63) is 59.7 Å². The van der Waals surface area contributed by atoms with Crippen LogP contribution >= 0.6 is 0 Å². The minimum absolute atomic E-state index is 0.0372. The van der Waals surface area contributed by atoms with Gasteiger partial charge in [0.15, 0.2) is 0 Å². The van der Waals surface area contributed by atoms with Crippen molar-refractivity contribution in [1.82, 2.24) is 31.3 Å². The first-order valence-electron chi connectivity index (χ1n) is 9.75. The zero-order valence-electron chi connectivity index (χ0n) is 15.4. The predicted molar refractivity (Wildman–Crippen MR) is 100 cm³/mol. The van der Waals surface area contributed by atoms with Crippen molar-refractivity contribution >= 4 is 6.03 Å². The fourth-order valence-electron chi connectivity index (χ4n) is 4.91. The Morgan fingerprint density at radius 1 is 1.07 bits per heavy atom. The van der Waals surface area contributed by atoms with Crippen LogP contribution in [0.2, 0.25) is 0 Å². The van der Waals surface area contributed by atoms with Crippen LogP contribution < -0.4 is 16.2 Å². The zero-order chi connectivity index (χ0) is 19.1. The Kier molecular flexibility index (Phi) is 4.44. The Labute approximate surface area is 162 Å². The van der Waals surface area contributed by atoms with E-state index in [1.807, 2.05) is 17.2 Å². The van der Waals surface area contributed by atoms with Crippen molar-refractivity contribution in [1.29, 1.82) is 0 Å². The molecule has 0 spiro atoms. The molecule has 5 unspecified atom stereocenters. The molecule has 28 heavy (non-hydrogen) atoms. The normalized spacial score (nSPS) is 31.8. The third-order valence-corrected chi connectivity index (χ3v) is 6.32. The maximum absolute atomic E-state index is 13.2. The average molecular weight is 382 g/mol. The van der Waals surface area contributed by atoms with Crippen molar-refractivity contribution in [3.8, 4) is 0 Å². The van der Waals surface area contributed by atoms with Crippen molar-refractivity contribution in [2.24, 2.45) is 11.8 Å². The molecule has 1 aromatic carbocycles. The predicted octanol–water partition coefficient (Wildman–Crippen LogP) is 1.75. The Morgan fingerprint density at radius 2 is 1.93 bits per heavy atom. The molecule has 8 heteroatoms. The Bertz CT molecular complexity index is 848. The van der Waals surface area contributed by atoms with Crippen molar-refractivity contribution in [3.63, 3.8) is 0 Å². The van der Waals surface area contributed by atoms with Crippen molar-refractivity contribution < 1.29 is 9.18 Å². The summed E-state index contributed by atoms with van der Waals surface area (Å²) in [6.45, 7) is 1.22. The first-order valence-corrected chi connectivity index (χ1v) is 9.75. The van der Waals surface area contributed by atoms with E-state index in [2.05, 4.69) is 26.4 Å². The molecule has 5 atom stereocenters. The van der Waals surface area contributed by atoms with Gasteiger partial charge in [-0.2, -0.15) is 10.2 Å². The number of carbonyl (C=O) groups excluding carboxylic acids is 1. The number of carbonyl (C=O) groups is 1. The van der Waals surface area contributed by atoms with Crippen LogP contribution in [0.5, 0.6) is 0 Å². The van der Waals surface area contributed by atoms with Gasteiger partial charge in [0.25, 0.3) is 0 Å². The maximum Gasteiger partial charge on any atom is 0.317 e. The van der Waals surface area contributed by atoms with E-state index in [1.54, 1.807) is 18.3 Å². The number of aromatic nitrogens is 2. The van der Waals surface area contributed by atoms with E-state index in [0.29, 0.717) is 24.4 Å². The number of benzene rings is 1. The van der Waals surface area contributed by atoms with E-state index in [0.717, 1.165) is 30.5 Å². The third kappa shape index (κ3) is 3.22. The summed E-state index contributed by atoms with van der Waals surface area (Å²) in [6.07, 6.45) is 5.47. The summed E-state index contributed by atoms with van der Waals surface area (Å²) < 4.78 is 13.2. The van der Waals surface area contributed by atoms with Crippen LogP contribution in [0.15, 0.2) is 42.7 Å². The lowest BCUT2D eigenvalue weighted by Crippen LogP contribution is -2.60. The fourth-order valence-corrected chi connectivity index (χ4v) is 4.91. The van der Waals surface area contributed by atoms with Gasteiger partial charge >= 0.3 is 6.03 Å². The monoisotopic (exact) mass is 382 g/mol. The van der Waals surface area contributed by atoms with Crippen LogP contribution in [-0.2, 0) is 6.54 Å². The molecule has 0 bridgehead atoms. The van der Waals surface area contributed by atoms with E-state index >= 15 is 0 Å². The summed E-state index contributed by atoms with van der Waals surface area (Å²) in [5.41, 5.74) is 8.90. The number of nitrogens with zero attached hydrogens (tertiary/aromatic N) is 3. The topological polar surface area (TPSA) is 82.2 Å².